The van der Waals surface area contributed by atoms with Gasteiger partial charge in [0.25, 0.3) is 0 Å². The molecule has 0 saturated carbocycles. The van der Waals surface area contributed by atoms with E-state index in [1.54, 1.807) is 6.08 Å². The van der Waals surface area contributed by atoms with Crippen molar-refractivity contribution < 1.29 is 40.2 Å². The molecule has 0 atom stereocenters. The van der Waals surface area contributed by atoms with Gasteiger partial charge < -0.3 is 15.3 Å². The van der Waals surface area contributed by atoms with Crippen molar-refractivity contribution in [2.45, 2.75) is 32.5 Å². The molecule has 0 saturated heterocycles. The largest absolute Gasteiger partial charge is 0.389 e. The Balaban J connectivity index is -0.000000177. The SMILES string of the molecule is C=CCCC(=O)CO.CC(C)(O)O.[Ir]. The Hall–Kier alpha value is -0.0606. The Morgan fingerprint density at radius 2 is 1.79 bits per heavy atom. The smallest absolute Gasteiger partial charge is 0.158 e. The van der Waals surface area contributed by atoms with Crippen LogP contribution in [-0.4, -0.2) is 33.5 Å². The zero-order valence-corrected chi connectivity index (χ0v) is 10.9. The average Bonchev–Trinajstić information content (AvgIpc) is 1.97. The van der Waals surface area contributed by atoms with E-state index in [1.807, 2.05) is 0 Å². The summed E-state index contributed by atoms with van der Waals surface area (Å²) < 4.78 is 0. The number of aliphatic hydroxyl groups is 3. The normalized spacial score (nSPS) is 9.21. The third-order valence-electron chi connectivity index (χ3n) is 0.804. The van der Waals surface area contributed by atoms with Crippen LogP contribution in [0.15, 0.2) is 12.7 Å². The van der Waals surface area contributed by atoms with Gasteiger partial charge in [-0.05, 0) is 20.3 Å². The maximum absolute atomic E-state index is 10.3. The van der Waals surface area contributed by atoms with Gasteiger partial charge in [0.2, 0.25) is 0 Å². The van der Waals surface area contributed by atoms with Crippen molar-refractivity contribution in [1.29, 1.82) is 0 Å². The zero-order chi connectivity index (χ0) is 10.9. The number of ketones is 1. The Bertz CT molecular complexity index is 145. The molecule has 0 aliphatic rings. The van der Waals surface area contributed by atoms with Crippen LogP contribution in [0, 0.1) is 0 Å². The fourth-order valence-electron chi connectivity index (χ4n) is 0.342. The van der Waals surface area contributed by atoms with E-state index in [1.165, 1.54) is 13.8 Å². The molecule has 0 aromatic rings. The fraction of sp³-hybridized carbons (Fsp3) is 0.667. The Morgan fingerprint density at radius 3 is 2.00 bits per heavy atom. The number of hydrogen-bond acceptors (Lipinski definition) is 4. The number of rotatable bonds is 4. The summed E-state index contributed by atoms with van der Waals surface area (Å²) in [5.74, 6) is -1.62. The maximum atomic E-state index is 10.3. The van der Waals surface area contributed by atoms with Crippen molar-refractivity contribution in [3.05, 3.63) is 12.7 Å². The molecule has 0 fully saturated rings. The molecule has 0 spiro atoms. The van der Waals surface area contributed by atoms with Gasteiger partial charge in [-0.1, -0.05) is 6.08 Å². The first-order chi connectivity index (χ1) is 5.81. The first kappa shape index (κ1) is 19.5. The van der Waals surface area contributed by atoms with E-state index in [-0.39, 0.29) is 32.5 Å². The molecule has 87 valence electrons. The van der Waals surface area contributed by atoms with Gasteiger partial charge in [0.05, 0.1) is 0 Å². The predicted octanol–water partition coefficient (Wildman–Crippen LogP) is 0.219. The third kappa shape index (κ3) is 40.5. The van der Waals surface area contributed by atoms with Crippen LogP contribution in [0.2, 0.25) is 0 Å². The van der Waals surface area contributed by atoms with Gasteiger partial charge in [-0.2, -0.15) is 0 Å². The van der Waals surface area contributed by atoms with Crippen molar-refractivity contribution >= 4 is 5.78 Å². The van der Waals surface area contributed by atoms with Gasteiger partial charge in [0, 0.05) is 26.5 Å². The second kappa shape index (κ2) is 11.0. The number of carbonyl (C=O) groups is 1. The quantitative estimate of drug-likeness (QED) is 0.480. The molecule has 0 aliphatic carbocycles. The first-order valence-electron chi connectivity index (χ1n) is 3.99. The molecule has 0 bridgehead atoms. The molecule has 14 heavy (non-hydrogen) atoms. The monoisotopic (exact) mass is 383 g/mol. The Kier molecular flexibility index (Phi) is 15.3. The topological polar surface area (TPSA) is 77.8 Å². The standard InChI is InChI=1S/C6H10O2.C3H8O2.Ir/c1-2-3-4-6(8)5-7;1-3(2,4)5;/h2,7H,1,3-5H2;4-5H,1-2H3;. The molecular formula is C9H18IrO4. The molecule has 0 heterocycles. The number of Topliss-reactive ketones (excluding diaryl/α,β-unsaturated/α-hetero) is 1. The fourth-order valence-corrected chi connectivity index (χ4v) is 0.342. The number of hydrogen-bond donors (Lipinski definition) is 3. The summed E-state index contributed by atoms with van der Waals surface area (Å²) in [4.78, 5) is 10.3. The summed E-state index contributed by atoms with van der Waals surface area (Å²) in [6.45, 7) is 5.69. The molecule has 0 rings (SSSR count). The van der Waals surface area contributed by atoms with E-state index in [9.17, 15) is 4.79 Å². The summed E-state index contributed by atoms with van der Waals surface area (Å²) >= 11 is 0. The summed E-state index contributed by atoms with van der Waals surface area (Å²) in [6, 6.07) is 0. The van der Waals surface area contributed by atoms with Crippen LogP contribution >= 0.6 is 0 Å². The second-order valence-corrected chi connectivity index (χ2v) is 3.02. The Labute approximate surface area is 98.0 Å². The van der Waals surface area contributed by atoms with Crippen molar-refractivity contribution in [2.75, 3.05) is 6.61 Å². The average molecular weight is 382 g/mol. The van der Waals surface area contributed by atoms with E-state index < -0.39 is 5.79 Å². The number of allylic oxidation sites excluding steroid dienone is 1. The van der Waals surface area contributed by atoms with Crippen LogP contribution < -0.4 is 0 Å². The second-order valence-electron chi connectivity index (χ2n) is 3.02. The summed E-state index contributed by atoms with van der Waals surface area (Å²) in [6.07, 6.45) is 2.74. The van der Waals surface area contributed by atoms with E-state index in [0.29, 0.717) is 12.8 Å². The van der Waals surface area contributed by atoms with Gasteiger partial charge in [-0.3, -0.25) is 4.79 Å². The number of aliphatic hydroxyl groups excluding tert-OH is 1. The predicted molar refractivity (Wildman–Crippen MR) is 50.0 cm³/mol. The molecule has 0 unspecified atom stereocenters. The van der Waals surface area contributed by atoms with Crippen LogP contribution in [0.5, 0.6) is 0 Å². The van der Waals surface area contributed by atoms with Gasteiger partial charge in [0.1, 0.15) is 6.61 Å². The first-order valence-corrected chi connectivity index (χ1v) is 3.99. The molecule has 0 aromatic carbocycles. The van der Waals surface area contributed by atoms with Gasteiger partial charge in [-0.25, -0.2) is 0 Å². The van der Waals surface area contributed by atoms with Crippen molar-refractivity contribution in [3.8, 4) is 0 Å². The summed E-state index contributed by atoms with van der Waals surface area (Å²) in [5, 5.41) is 24.3. The van der Waals surface area contributed by atoms with Crippen LogP contribution in [-0.2, 0) is 24.9 Å². The molecule has 1 radical (unpaired) electrons. The minimum atomic E-state index is -1.50. The van der Waals surface area contributed by atoms with Crippen molar-refractivity contribution in [1.82, 2.24) is 0 Å². The van der Waals surface area contributed by atoms with E-state index >= 15 is 0 Å². The van der Waals surface area contributed by atoms with Crippen molar-refractivity contribution in [3.63, 3.8) is 0 Å². The summed E-state index contributed by atoms with van der Waals surface area (Å²) in [7, 11) is 0. The van der Waals surface area contributed by atoms with Crippen LogP contribution in [0.4, 0.5) is 0 Å². The molecule has 5 heteroatoms. The van der Waals surface area contributed by atoms with Crippen molar-refractivity contribution in [2.24, 2.45) is 0 Å². The summed E-state index contributed by atoms with van der Waals surface area (Å²) in [5.41, 5.74) is 0. The van der Waals surface area contributed by atoms with E-state index in [2.05, 4.69) is 6.58 Å². The third-order valence-corrected chi connectivity index (χ3v) is 0.804. The molecule has 4 nitrogen and oxygen atoms in total. The van der Waals surface area contributed by atoms with Gasteiger partial charge in [0.15, 0.2) is 11.6 Å². The zero-order valence-electron chi connectivity index (χ0n) is 8.49. The minimum Gasteiger partial charge on any atom is -0.389 e. The molecule has 0 amide bonds. The van der Waals surface area contributed by atoms with Crippen LogP contribution in [0.25, 0.3) is 0 Å². The molecule has 3 N–H and O–H groups in total. The van der Waals surface area contributed by atoms with Crippen LogP contribution in [0.1, 0.15) is 26.7 Å². The Morgan fingerprint density at radius 1 is 1.43 bits per heavy atom. The number of carbonyl (C=O) groups excluding carboxylic acids is 1. The van der Waals surface area contributed by atoms with E-state index in [0.717, 1.165) is 0 Å². The molecular weight excluding hydrogens is 364 g/mol. The van der Waals surface area contributed by atoms with E-state index in [4.69, 9.17) is 15.3 Å². The molecule has 0 aromatic heterocycles. The van der Waals surface area contributed by atoms with Gasteiger partial charge in [-0.15, -0.1) is 6.58 Å². The molecule has 0 aliphatic heterocycles. The minimum absolute atomic E-state index is 0. The van der Waals surface area contributed by atoms with Gasteiger partial charge >= 0.3 is 0 Å². The van der Waals surface area contributed by atoms with Crippen LogP contribution in [0.3, 0.4) is 0 Å². The maximum Gasteiger partial charge on any atom is 0.158 e.